The van der Waals surface area contributed by atoms with Crippen LogP contribution in [0.4, 0.5) is 23.7 Å². The molecule has 1 N–H and O–H groups in total. The topological polar surface area (TPSA) is 41.6 Å². The summed E-state index contributed by atoms with van der Waals surface area (Å²) in [5.41, 5.74) is -0.408. The van der Waals surface area contributed by atoms with E-state index in [1.54, 1.807) is 4.90 Å². The Labute approximate surface area is 120 Å². The van der Waals surface area contributed by atoms with Gasteiger partial charge in [0.1, 0.15) is 0 Å². The van der Waals surface area contributed by atoms with Crippen molar-refractivity contribution in [2.45, 2.75) is 32.2 Å². The number of carbonyl (C=O) groups is 1. The van der Waals surface area contributed by atoms with E-state index < -0.39 is 11.7 Å². The minimum atomic E-state index is -4.38. The van der Waals surface area contributed by atoms with E-state index >= 15 is 0 Å². The van der Waals surface area contributed by atoms with Gasteiger partial charge in [-0.3, -0.25) is 0 Å². The van der Waals surface area contributed by atoms with Crippen LogP contribution in [0.3, 0.4) is 0 Å². The van der Waals surface area contributed by atoms with Gasteiger partial charge < -0.3 is 15.0 Å². The van der Waals surface area contributed by atoms with E-state index in [4.69, 9.17) is 4.74 Å². The molecule has 1 aromatic carbocycles. The van der Waals surface area contributed by atoms with E-state index in [1.807, 2.05) is 13.8 Å². The third-order valence-corrected chi connectivity index (χ3v) is 3.17. The van der Waals surface area contributed by atoms with Crippen molar-refractivity contribution in [2.24, 2.45) is 0 Å². The predicted molar refractivity (Wildman–Crippen MR) is 72.0 cm³/mol. The number of alkyl halides is 3. The average molecular weight is 302 g/mol. The normalized spacial score (nSPS) is 23.0. The summed E-state index contributed by atoms with van der Waals surface area (Å²) in [4.78, 5) is 13.7. The molecule has 2 amide bonds. The number of halogens is 3. The number of rotatable bonds is 1. The lowest BCUT2D eigenvalue weighted by Gasteiger charge is -2.35. The second-order valence-electron chi connectivity index (χ2n) is 5.17. The number of hydrogen-bond acceptors (Lipinski definition) is 2. The van der Waals surface area contributed by atoms with Crippen LogP contribution in [0.1, 0.15) is 19.4 Å². The van der Waals surface area contributed by atoms with Crippen molar-refractivity contribution in [1.82, 2.24) is 4.90 Å². The number of amides is 2. The summed E-state index contributed by atoms with van der Waals surface area (Å²) in [5.74, 6) is 0. The molecule has 0 saturated carbocycles. The van der Waals surface area contributed by atoms with Gasteiger partial charge in [0.2, 0.25) is 0 Å². The fourth-order valence-corrected chi connectivity index (χ4v) is 2.29. The first kappa shape index (κ1) is 15.6. The van der Waals surface area contributed by atoms with Gasteiger partial charge in [-0.2, -0.15) is 13.2 Å². The van der Waals surface area contributed by atoms with E-state index in [0.717, 1.165) is 12.1 Å². The molecule has 1 aliphatic heterocycles. The molecule has 0 spiro atoms. The van der Waals surface area contributed by atoms with E-state index in [1.165, 1.54) is 12.1 Å². The standard InChI is InChI=1S/C14H17F3N2O2/c1-9-7-19(8-10(2)21-9)13(20)18-12-5-3-11(4-6-12)14(15,16)17/h3-6,9-10H,7-8H2,1-2H3,(H,18,20). The third kappa shape index (κ3) is 4.10. The molecule has 2 rings (SSSR count). The van der Waals surface area contributed by atoms with Gasteiger partial charge in [-0.25, -0.2) is 4.79 Å². The van der Waals surface area contributed by atoms with Crippen molar-refractivity contribution in [2.75, 3.05) is 18.4 Å². The van der Waals surface area contributed by atoms with Gasteiger partial charge in [0, 0.05) is 18.8 Å². The lowest BCUT2D eigenvalue weighted by Crippen LogP contribution is -2.49. The molecule has 1 saturated heterocycles. The Morgan fingerprint density at radius 3 is 2.19 bits per heavy atom. The zero-order valence-corrected chi connectivity index (χ0v) is 11.8. The van der Waals surface area contributed by atoms with Crippen LogP contribution >= 0.6 is 0 Å². The molecule has 0 bridgehead atoms. The molecule has 0 radical (unpaired) electrons. The first-order valence-corrected chi connectivity index (χ1v) is 6.64. The number of anilines is 1. The molecular formula is C14H17F3N2O2. The number of urea groups is 1. The van der Waals surface area contributed by atoms with Gasteiger partial charge in [0.05, 0.1) is 17.8 Å². The number of ether oxygens (including phenoxy) is 1. The molecule has 1 aromatic rings. The summed E-state index contributed by atoms with van der Waals surface area (Å²) in [6.07, 6.45) is -4.50. The largest absolute Gasteiger partial charge is 0.416 e. The third-order valence-electron chi connectivity index (χ3n) is 3.17. The maximum atomic E-state index is 12.4. The number of nitrogens with one attached hydrogen (secondary N) is 1. The zero-order valence-electron chi connectivity index (χ0n) is 11.8. The summed E-state index contributed by atoms with van der Waals surface area (Å²) < 4.78 is 42.9. The second kappa shape index (κ2) is 5.93. The van der Waals surface area contributed by atoms with Gasteiger partial charge >= 0.3 is 12.2 Å². The Bertz CT molecular complexity index is 492. The quantitative estimate of drug-likeness (QED) is 0.864. The highest BCUT2D eigenvalue weighted by atomic mass is 19.4. The van der Waals surface area contributed by atoms with E-state index in [2.05, 4.69) is 5.32 Å². The SMILES string of the molecule is CC1CN(C(=O)Nc2ccc(C(F)(F)F)cc2)CC(C)O1. The molecule has 2 unspecified atom stereocenters. The maximum absolute atomic E-state index is 12.4. The van der Waals surface area contributed by atoms with Crippen molar-refractivity contribution >= 4 is 11.7 Å². The van der Waals surface area contributed by atoms with Crippen molar-refractivity contribution in [1.29, 1.82) is 0 Å². The van der Waals surface area contributed by atoms with Crippen LogP contribution in [0.5, 0.6) is 0 Å². The van der Waals surface area contributed by atoms with Crippen LogP contribution in [0.2, 0.25) is 0 Å². The van der Waals surface area contributed by atoms with Crippen LogP contribution in [0.15, 0.2) is 24.3 Å². The van der Waals surface area contributed by atoms with Gasteiger partial charge in [0.15, 0.2) is 0 Å². The van der Waals surface area contributed by atoms with Gasteiger partial charge in [-0.1, -0.05) is 0 Å². The summed E-state index contributed by atoms with van der Waals surface area (Å²) in [6.45, 7) is 4.65. The summed E-state index contributed by atoms with van der Waals surface area (Å²) in [5, 5.41) is 2.60. The predicted octanol–water partition coefficient (Wildman–Crippen LogP) is 3.35. The smallest absolute Gasteiger partial charge is 0.372 e. The Kier molecular flexibility index (Phi) is 4.41. The van der Waals surface area contributed by atoms with E-state index in [-0.39, 0.29) is 18.2 Å². The second-order valence-corrected chi connectivity index (χ2v) is 5.17. The Morgan fingerprint density at radius 2 is 1.71 bits per heavy atom. The van der Waals surface area contributed by atoms with Crippen molar-refractivity contribution in [3.63, 3.8) is 0 Å². The highest BCUT2D eigenvalue weighted by Gasteiger charge is 2.30. The number of benzene rings is 1. The lowest BCUT2D eigenvalue weighted by molar-refractivity contribution is -0.137. The lowest BCUT2D eigenvalue weighted by atomic mass is 10.2. The molecule has 1 fully saturated rings. The molecular weight excluding hydrogens is 285 g/mol. The Balaban J connectivity index is 1.99. The fraction of sp³-hybridized carbons (Fsp3) is 0.500. The first-order chi connectivity index (χ1) is 9.75. The van der Waals surface area contributed by atoms with Crippen molar-refractivity contribution in [3.05, 3.63) is 29.8 Å². The van der Waals surface area contributed by atoms with Crippen molar-refractivity contribution in [3.8, 4) is 0 Å². The van der Waals surface area contributed by atoms with Crippen LogP contribution in [0, 0.1) is 0 Å². The Hall–Kier alpha value is -1.76. The van der Waals surface area contributed by atoms with Crippen molar-refractivity contribution < 1.29 is 22.7 Å². The molecule has 1 heterocycles. The van der Waals surface area contributed by atoms with Crippen LogP contribution in [0.25, 0.3) is 0 Å². The molecule has 7 heteroatoms. The first-order valence-electron chi connectivity index (χ1n) is 6.64. The van der Waals surface area contributed by atoms with Crippen LogP contribution in [-0.4, -0.2) is 36.2 Å². The fourth-order valence-electron chi connectivity index (χ4n) is 2.29. The molecule has 4 nitrogen and oxygen atoms in total. The highest BCUT2D eigenvalue weighted by molar-refractivity contribution is 5.89. The monoisotopic (exact) mass is 302 g/mol. The summed E-state index contributed by atoms with van der Waals surface area (Å²) in [7, 11) is 0. The molecule has 2 atom stereocenters. The number of morpholine rings is 1. The van der Waals surface area contributed by atoms with Gasteiger partial charge in [0.25, 0.3) is 0 Å². The van der Waals surface area contributed by atoms with Gasteiger partial charge in [-0.15, -0.1) is 0 Å². The van der Waals surface area contributed by atoms with Crippen LogP contribution < -0.4 is 5.32 Å². The summed E-state index contributed by atoms with van der Waals surface area (Å²) >= 11 is 0. The molecule has 116 valence electrons. The average Bonchev–Trinajstić information content (AvgIpc) is 2.37. The number of carbonyl (C=O) groups excluding carboxylic acids is 1. The number of nitrogens with zero attached hydrogens (tertiary/aromatic N) is 1. The highest BCUT2D eigenvalue weighted by Crippen LogP contribution is 2.29. The maximum Gasteiger partial charge on any atom is 0.416 e. The molecule has 21 heavy (non-hydrogen) atoms. The van der Waals surface area contributed by atoms with E-state index in [9.17, 15) is 18.0 Å². The molecule has 1 aliphatic rings. The Morgan fingerprint density at radius 1 is 1.19 bits per heavy atom. The zero-order chi connectivity index (χ0) is 15.6. The van der Waals surface area contributed by atoms with E-state index in [0.29, 0.717) is 18.8 Å². The minimum Gasteiger partial charge on any atom is -0.372 e. The number of hydrogen-bond donors (Lipinski definition) is 1. The van der Waals surface area contributed by atoms with Crippen LogP contribution in [-0.2, 0) is 10.9 Å². The molecule has 0 aromatic heterocycles. The van der Waals surface area contributed by atoms with Gasteiger partial charge in [-0.05, 0) is 38.1 Å². The minimum absolute atomic E-state index is 0.0629. The summed E-state index contributed by atoms with van der Waals surface area (Å²) in [6, 6.07) is 4.04. The molecule has 0 aliphatic carbocycles.